The number of primary sulfonamides is 1. The fourth-order valence-electron chi connectivity index (χ4n) is 3.30. The van der Waals surface area contributed by atoms with Crippen molar-refractivity contribution in [1.82, 2.24) is 14.8 Å². The van der Waals surface area contributed by atoms with E-state index in [9.17, 15) is 13.2 Å². The Kier molecular flexibility index (Phi) is 6.38. The summed E-state index contributed by atoms with van der Waals surface area (Å²) in [7, 11) is -3.77. The number of carbonyl (C=O) groups excluding carboxylic acids is 1. The molecule has 0 bridgehead atoms. The molecule has 10 heteroatoms. The molecule has 33 heavy (non-hydrogen) atoms. The van der Waals surface area contributed by atoms with Crippen LogP contribution in [0.3, 0.4) is 0 Å². The summed E-state index contributed by atoms with van der Waals surface area (Å²) < 4.78 is 35.3. The maximum absolute atomic E-state index is 12.9. The smallest absolute Gasteiger partial charge is 0.339 e. The van der Waals surface area contributed by atoms with Gasteiger partial charge in [-0.1, -0.05) is 30.3 Å². The Morgan fingerprint density at radius 2 is 1.79 bits per heavy atom. The van der Waals surface area contributed by atoms with Crippen LogP contribution in [0, 0.1) is 0 Å². The molecule has 0 saturated heterocycles. The van der Waals surface area contributed by atoms with Gasteiger partial charge in [0.05, 0.1) is 27.7 Å². The van der Waals surface area contributed by atoms with Crippen molar-refractivity contribution in [2.75, 3.05) is 13.2 Å². The van der Waals surface area contributed by atoms with Crippen LogP contribution in [0.1, 0.15) is 17.3 Å². The first kappa shape index (κ1) is 22.4. The highest BCUT2D eigenvalue weighted by molar-refractivity contribution is 7.89. The molecular formula is C23H22N4O5S. The zero-order valence-electron chi connectivity index (χ0n) is 17.8. The first-order valence-electron chi connectivity index (χ1n) is 10.2. The van der Waals surface area contributed by atoms with E-state index in [1.807, 2.05) is 37.3 Å². The molecule has 4 aromatic rings. The summed E-state index contributed by atoms with van der Waals surface area (Å²) in [5.41, 5.74) is 2.51. The number of sulfonamides is 1. The predicted molar refractivity (Wildman–Crippen MR) is 122 cm³/mol. The molecule has 0 amide bonds. The molecule has 4 rings (SSSR count). The van der Waals surface area contributed by atoms with E-state index in [0.29, 0.717) is 34.6 Å². The minimum absolute atomic E-state index is 0.00216. The highest BCUT2D eigenvalue weighted by Gasteiger charge is 2.18. The van der Waals surface area contributed by atoms with Gasteiger partial charge in [-0.25, -0.2) is 28.0 Å². The van der Waals surface area contributed by atoms with Gasteiger partial charge < -0.3 is 9.47 Å². The number of pyridine rings is 1. The first-order valence-corrected chi connectivity index (χ1v) is 11.8. The summed E-state index contributed by atoms with van der Waals surface area (Å²) in [5.74, 6) is -0.0799. The Morgan fingerprint density at radius 3 is 2.45 bits per heavy atom. The number of nitrogens with zero attached hydrogens (tertiary/aromatic N) is 3. The maximum Gasteiger partial charge on any atom is 0.339 e. The summed E-state index contributed by atoms with van der Waals surface area (Å²) in [6, 6.07) is 16.9. The van der Waals surface area contributed by atoms with E-state index in [-0.39, 0.29) is 18.1 Å². The molecule has 2 N–H and O–H groups in total. The number of hydrogen-bond donors (Lipinski definition) is 1. The molecule has 2 aromatic carbocycles. The molecule has 0 aliphatic heterocycles. The number of fused-ring (bicyclic) bond motifs is 1. The van der Waals surface area contributed by atoms with E-state index in [0.717, 1.165) is 5.56 Å². The van der Waals surface area contributed by atoms with Crippen LogP contribution in [0.15, 0.2) is 71.8 Å². The summed E-state index contributed by atoms with van der Waals surface area (Å²) >= 11 is 0. The van der Waals surface area contributed by atoms with Gasteiger partial charge in [0.15, 0.2) is 5.65 Å². The number of esters is 1. The van der Waals surface area contributed by atoms with Crippen molar-refractivity contribution >= 4 is 27.0 Å². The summed E-state index contributed by atoms with van der Waals surface area (Å²) in [4.78, 5) is 17.6. The Morgan fingerprint density at radius 1 is 1.06 bits per heavy atom. The fraction of sp³-hybridized carbons (Fsp3) is 0.174. The summed E-state index contributed by atoms with van der Waals surface area (Å²) in [6.45, 7) is 2.66. The van der Waals surface area contributed by atoms with Gasteiger partial charge in [-0.05, 0) is 37.3 Å². The monoisotopic (exact) mass is 466 g/mol. The van der Waals surface area contributed by atoms with E-state index < -0.39 is 16.0 Å². The van der Waals surface area contributed by atoms with Crippen LogP contribution >= 0.6 is 0 Å². The molecule has 0 aliphatic rings. The summed E-state index contributed by atoms with van der Waals surface area (Å²) in [5, 5.41) is 10.0. The molecular weight excluding hydrogens is 444 g/mol. The highest BCUT2D eigenvalue weighted by Crippen LogP contribution is 2.25. The largest absolute Gasteiger partial charge is 0.490 e. The van der Waals surface area contributed by atoms with Crippen LogP contribution in [0.4, 0.5) is 0 Å². The molecule has 0 spiro atoms. The van der Waals surface area contributed by atoms with Gasteiger partial charge in [-0.2, -0.15) is 5.10 Å². The standard InChI is InChI=1S/C23H22N4O5S/c1-2-27-22-20(15-25-27)19(14-21(26-22)16-6-4-3-5-7-16)23(28)32-13-12-31-17-8-10-18(11-9-17)33(24,29)30/h3-11,14-15H,2,12-13H2,1H3,(H2,24,29,30). The average molecular weight is 467 g/mol. The number of aryl methyl sites for hydroxylation is 1. The van der Waals surface area contributed by atoms with Crippen LogP contribution in [0.5, 0.6) is 5.75 Å². The van der Waals surface area contributed by atoms with Gasteiger partial charge in [-0.3, -0.25) is 0 Å². The van der Waals surface area contributed by atoms with Gasteiger partial charge in [0, 0.05) is 12.1 Å². The Labute approximate surface area is 190 Å². The third-order valence-corrected chi connectivity index (χ3v) is 5.86. The number of hydrogen-bond acceptors (Lipinski definition) is 7. The van der Waals surface area contributed by atoms with Gasteiger partial charge in [-0.15, -0.1) is 0 Å². The molecule has 2 aromatic heterocycles. The van der Waals surface area contributed by atoms with Crippen molar-refractivity contribution in [2.45, 2.75) is 18.4 Å². The fourth-order valence-corrected chi connectivity index (χ4v) is 3.82. The van der Waals surface area contributed by atoms with E-state index in [1.54, 1.807) is 16.9 Å². The SMILES string of the molecule is CCn1ncc2c(C(=O)OCCOc3ccc(S(N)(=O)=O)cc3)cc(-c3ccccc3)nc21. The van der Waals surface area contributed by atoms with Gasteiger partial charge in [0.2, 0.25) is 10.0 Å². The van der Waals surface area contributed by atoms with Crippen LogP contribution in [0.2, 0.25) is 0 Å². The van der Waals surface area contributed by atoms with Crippen molar-refractivity contribution in [1.29, 1.82) is 0 Å². The van der Waals surface area contributed by atoms with Gasteiger partial charge in [0.25, 0.3) is 0 Å². The van der Waals surface area contributed by atoms with Crippen LogP contribution in [-0.2, 0) is 21.3 Å². The number of aromatic nitrogens is 3. The molecule has 0 atom stereocenters. The molecule has 0 saturated carbocycles. The van der Waals surface area contributed by atoms with Gasteiger partial charge >= 0.3 is 5.97 Å². The van der Waals surface area contributed by atoms with E-state index in [2.05, 4.69) is 5.10 Å². The molecule has 170 valence electrons. The van der Waals surface area contributed by atoms with E-state index in [4.69, 9.17) is 19.6 Å². The van der Waals surface area contributed by atoms with Crippen molar-refractivity contribution in [3.8, 4) is 17.0 Å². The van der Waals surface area contributed by atoms with Gasteiger partial charge in [0.1, 0.15) is 19.0 Å². The number of ether oxygens (including phenoxy) is 2. The van der Waals surface area contributed by atoms with E-state index >= 15 is 0 Å². The molecule has 0 unspecified atom stereocenters. The lowest BCUT2D eigenvalue weighted by atomic mass is 10.1. The first-order chi connectivity index (χ1) is 15.9. The van der Waals surface area contributed by atoms with Crippen LogP contribution < -0.4 is 9.88 Å². The Bertz CT molecular complexity index is 1380. The van der Waals surface area contributed by atoms with Crippen molar-refractivity contribution in [3.05, 3.63) is 72.4 Å². The molecule has 0 aliphatic carbocycles. The lowest BCUT2D eigenvalue weighted by Crippen LogP contribution is -2.14. The second-order valence-electron chi connectivity index (χ2n) is 7.12. The predicted octanol–water partition coefficient (Wildman–Crippen LogP) is 3.00. The third-order valence-electron chi connectivity index (χ3n) is 4.94. The minimum atomic E-state index is -3.77. The lowest BCUT2D eigenvalue weighted by Gasteiger charge is -2.10. The van der Waals surface area contributed by atoms with E-state index in [1.165, 1.54) is 24.3 Å². The highest BCUT2D eigenvalue weighted by atomic mass is 32.2. The molecule has 2 heterocycles. The molecule has 0 fully saturated rings. The van der Waals surface area contributed by atoms with Crippen LogP contribution in [0.25, 0.3) is 22.3 Å². The number of carbonyl (C=O) groups is 1. The zero-order valence-corrected chi connectivity index (χ0v) is 18.7. The Hall–Kier alpha value is -3.76. The molecule has 9 nitrogen and oxygen atoms in total. The van der Waals surface area contributed by atoms with Crippen molar-refractivity contribution < 1.29 is 22.7 Å². The maximum atomic E-state index is 12.9. The number of rotatable bonds is 8. The van der Waals surface area contributed by atoms with Crippen molar-refractivity contribution in [3.63, 3.8) is 0 Å². The number of benzene rings is 2. The second kappa shape index (κ2) is 9.39. The Balaban J connectivity index is 1.48. The average Bonchev–Trinajstić information content (AvgIpc) is 3.24. The number of nitrogens with two attached hydrogens (primary N) is 1. The minimum Gasteiger partial charge on any atom is -0.490 e. The van der Waals surface area contributed by atoms with Crippen molar-refractivity contribution in [2.24, 2.45) is 5.14 Å². The third kappa shape index (κ3) is 5.02. The normalized spacial score (nSPS) is 11.5. The molecule has 0 radical (unpaired) electrons. The topological polar surface area (TPSA) is 126 Å². The second-order valence-corrected chi connectivity index (χ2v) is 8.68. The quantitative estimate of drug-likeness (QED) is 0.312. The zero-order chi connectivity index (χ0) is 23.4. The van der Waals surface area contributed by atoms with Crippen LogP contribution in [-0.4, -0.2) is 42.4 Å². The lowest BCUT2D eigenvalue weighted by molar-refractivity contribution is 0.0452. The summed E-state index contributed by atoms with van der Waals surface area (Å²) in [6.07, 6.45) is 1.61.